The first kappa shape index (κ1) is 49.6. The third-order valence-electron chi connectivity index (χ3n) is 7.57. The van der Waals surface area contributed by atoms with Crippen LogP contribution >= 0.6 is 31.9 Å². The molecule has 0 saturated carbocycles. The van der Waals surface area contributed by atoms with Gasteiger partial charge < -0.3 is 29.8 Å². The summed E-state index contributed by atoms with van der Waals surface area (Å²) in [6.45, 7) is 19.9. The SMILES string of the molecule is C.C#C.C#CC.CC#CC.CCC1(CBr)COC1.CCC1(CN)COC1.CCC1(CN=[N+]=[N-])COC1.OCC1(CBr)COC1. The van der Waals surface area contributed by atoms with Crippen molar-refractivity contribution in [3.8, 4) is 37.0 Å². The molecule has 11 heteroatoms. The first-order valence-electron chi connectivity index (χ1n) is 14.4. The average molecular weight is 753 g/mol. The molecule has 4 rings (SSSR count). The Labute approximate surface area is 286 Å². The number of rotatable bonds is 9. The minimum absolute atomic E-state index is 0. The molecule has 0 spiro atoms. The fourth-order valence-corrected chi connectivity index (χ4v) is 4.43. The van der Waals surface area contributed by atoms with Gasteiger partial charge in [0.25, 0.3) is 0 Å². The third-order valence-corrected chi connectivity index (χ3v) is 9.95. The second-order valence-electron chi connectivity index (χ2n) is 10.8. The van der Waals surface area contributed by atoms with Crippen molar-refractivity contribution in [3.05, 3.63) is 10.4 Å². The van der Waals surface area contributed by atoms with Crippen LogP contribution in [0.3, 0.4) is 0 Å². The van der Waals surface area contributed by atoms with Gasteiger partial charge in [-0.2, -0.15) is 0 Å². The Bertz CT molecular complexity index is 743. The Balaban J connectivity index is -0.000000222. The number of halogens is 2. The van der Waals surface area contributed by atoms with Crippen LogP contribution in [0.4, 0.5) is 0 Å². The third kappa shape index (κ3) is 19.3. The number of alkyl halides is 2. The summed E-state index contributed by atoms with van der Waals surface area (Å²) in [5.41, 5.74) is 14.7. The normalized spacial score (nSPS) is 18.8. The molecule has 0 radical (unpaired) electrons. The van der Waals surface area contributed by atoms with Crippen molar-refractivity contribution < 1.29 is 24.1 Å². The van der Waals surface area contributed by atoms with E-state index in [-0.39, 0.29) is 24.9 Å². The molecule has 3 N–H and O–H groups in total. The molecule has 0 unspecified atom stereocenters. The van der Waals surface area contributed by atoms with Gasteiger partial charge in [-0.1, -0.05) is 65.2 Å². The van der Waals surface area contributed by atoms with Crippen LogP contribution < -0.4 is 5.73 Å². The van der Waals surface area contributed by atoms with Crippen LogP contribution in [0.5, 0.6) is 0 Å². The van der Waals surface area contributed by atoms with E-state index in [0.717, 1.165) is 69.7 Å². The maximum atomic E-state index is 8.73. The van der Waals surface area contributed by atoms with Crippen LogP contribution in [0.15, 0.2) is 5.11 Å². The van der Waals surface area contributed by atoms with Gasteiger partial charge >= 0.3 is 0 Å². The van der Waals surface area contributed by atoms with Gasteiger partial charge in [0, 0.05) is 50.3 Å². The van der Waals surface area contributed by atoms with Gasteiger partial charge in [-0.25, -0.2) is 0 Å². The Morgan fingerprint density at radius 2 is 1.09 bits per heavy atom. The number of ether oxygens (including phenoxy) is 4. The van der Waals surface area contributed by atoms with E-state index in [2.05, 4.69) is 99.7 Å². The minimum atomic E-state index is 0. The van der Waals surface area contributed by atoms with Crippen LogP contribution in [-0.4, -0.2) is 88.3 Å². The Hall–Kier alpha value is -1.29. The Morgan fingerprint density at radius 1 is 0.773 bits per heavy atom. The molecule has 4 aliphatic rings. The maximum Gasteiger partial charge on any atom is 0.0575 e. The standard InChI is InChI=1S/C6H11BrO.C6H11N3O.C6H13NO.C5H9BrO2.C4H6.C3H4.C2H2.CH4/c1-2-6(3-7)4-8-5-6;1-2-6(3-8-9-7)4-10-5-6;1-2-6(3-7)4-8-5-6;6-1-5(2-7)3-8-4-5;1-3-4-2;1-3-2;1-2;/h2-5H2,1H3;2-5H2,1H3;2-5,7H2,1H3;7H,1-4H2;1-2H3;1H,2H3;1-2H;1H4. The molecule has 4 saturated heterocycles. The van der Waals surface area contributed by atoms with E-state index in [9.17, 15) is 0 Å². The molecule has 0 aliphatic carbocycles. The zero-order chi connectivity index (χ0) is 33.7. The van der Waals surface area contributed by atoms with Crippen molar-refractivity contribution in [2.75, 3.05) is 83.2 Å². The summed E-state index contributed by atoms with van der Waals surface area (Å²) in [4.78, 5) is 2.72. The fourth-order valence-electron chi connectivity index (χ4n) is 3.20. The van der Waals surface area contributed by atoms with E-state index in [1.165, 1.54) is 6.42 Å². The van der Waals surface area contributed by atoms with Crippen molar-refractivity contribution in [1.29, 1.82) is 0 Å². The molecule has 9 nitrogen and oxygen atoms in total. The van der Waals surface area contributed by atoms with Gasteiger partial charge in [0.15, 0.2) is 0 Å². The predicted octanol–water partition coefficient (Wildman–Crippen LogP) is 6.85. The van der Waals surface area contributed by atoms with Crippen molar-refractivity contribution in [2.45, 2.75) is 68.2 Å². The second-order valence-corrected chi connectivity index (χ2v) is 12.0. The summed E-state index contributed by atoms with van der Waals surface area (Å²) in [6.07, 6.45) is 16.0. The Kier molecular flexibility index (Phi) is 34.2. The van der Waals surface area contributed by atoms with E-state index in [0.29, 0.717) is 30.6 Å². The molecule has 0 aromatic carbocycles. The number of terminal acetylenes is 2. The van der Waals surface area contributed by atoms with Gasteiger partial charge in [0.05, 0.1) is 59.5 Å². The lowest BCUT2D eigenvalue weighted by Gasteiger charge is -2.39. The van der Waals surface area contributed by atoms with Crippen LogP contribution in [0.25, 0.3) is 10.4 Å². The lowest BCUT2D eigenvalue weighted by Crippen LogP contribution is -2.47. The molecule has 44 heavy (non-hydrogen) atoms. The zero-order valence-corrected chi connectivity index (χ0v) is 30.5. The monoisotopic (exact) mass is 750 g/mol. The number of azide groups is 1. The van der Waals surface area contributed by atoms with E-state index in [1.807, 2.05) is 13.8 Å². The smallest absolute Gasteiger partial charge is 0.0575 e. The summed E-state index contributed by atoms with van der Waals surface area (Å²) in [6, 6.07) is 0. The number of nitrogens with two attached hydrogens (primary N) is 1. The van der Waals surface area contributed by atoms with E-state index >= 15 is 0 Å². The molecular weight excluding hydrogens is 692 g/mol. The highest BCUT2D eigenvalue weighted by molar-refractivity contribution is 9.09. The maximum absolute atomic E-state index is 8.73. The van der Waals surface area contributed by atoms with Crippen molar-refractivity contribution in [2.24, 2.45) is 32.5 Å². The first-order chi connectivity index (χ1) is 20.6. The average Bonchev–Trinajstić information content (AvgIpc) is 2.96. The van der Waals surface area contributed by atoms with Crippen LogP contribution in [0.1, 0.15) is 68.2 Å². The first-order valence-corrected chi connectivity index (χ1v) is 16.7. The van der Waals surface area contributed by atoms with Gasteiger partial charge in [-0.15, -0.1) is 37.0 Å². The van der Waals surface area contributed by atoms with Gasteiger partial charge in [-0.05, 0) is 45.6 Å². The van der Waals surface area contributed by atoms with Crippen LogP contribution in [-0.2, 0) is 18.9 Å². The lowest BCUT2D eigenvalue weighted by atomic mass is 9.83. The lowest BCUT2D eigenvalue weighted by molar-refractivity contribution is -0.121. The molecular formula is C33H60Br2N4O5. The quantitative estimate of drug-likeness (QED) is 0.0872. The number of hydrogen-bond donors (Lipinski definition) is 2. The summed E-state index contributed by atoms with van der Waals surface area (Å²) >= 11 is 6.77. The number of hydrogen-bond acceptors (Lipinski definition) is 7. The molecule has 0 atom stereocenters. The second kappa shape index (κ2) is 30.4. The number of nitrogens with zero attached hydrogens (tertiary/aromatic N) is 3. The number of aliphatic hydroxyl groups is 1. The molecule has 0 amide bonds. The van der Waals surface area contributed by atoms with Crippen LogP contribution in [0, 0.1) is 58.7 Å². The molecule has 4 aliphatic heterocycles. The van der Waals surface area contributed by atoms with Gasteiger partial charge in [-0.3, -0.25) is 0 Å². The minimum Gasteiger partial charge on any atom is -0.396 e. The fraction of sp³-hybridized carbons (Fsp3) is 0.818. The highest BCUT2D eigenvalue weighted by atomic mass is 79.9. The van der Waals surface area contributed by atoms with Crippen molar-refractivity contribution >= 4 is 31.9 Å². The summed E-state index contributed by atoms with van der Waals surface area (Å²) in [7, 11) is 0. The molecule has 256 valence electrons. The van der Waals surface area contributed by atoms with Gasteiger partial charge in [0.1, 0.15) is 0 Å². The van der Waals surface area contributed by atoms with Crippen LogP contribution in [0.2, 0.25) is 0 Å². The molecule has 0 aromatic rings. The molecule has 0 aromatic heterocycles. The number of aliphatic hydroxyl groups excluding tert-OH is 1. The largest absolute Gasteiger partial charge is 0.396 e. The van der Waals surface area contributed by atoms with E-state index < -0.39 is 0 Å². The zero-order valence-electron chi connectivity index (χ0n) is 27.3. The summed E-state index contributed by atoms with van der Waals surface area (Å²) in [5.74, 6) is 7.61. The van der Waals surface area contributed by atoms with E-state index in [4.69, 9.17) is 35.3 Å². The molecule has 4 heterocycles. The molecule has 0 bridgehead atoms. The predicted molar refractivity (Wildman–Crippen MR) is 192 cm³/mol. The van der Waals surface area contributed by atoms with Crippen molar-refractivity contribution in [1.82, 2.24) is 0 Å². The highest BCUT2D eigenvalue weighted by Gasteiger charge is 2.37. The van der Waals surface area contributed by atoms with Gasteiger partial charge in [0.2, 0.25) is 0 Å². The summed E-state index contributed by atoms with van der Waals surface area (Å²) < 4.78 is 20.1. The highest BCUT2D eigenvalue weighted by Crippen LogP contribution is 2.33. The topological polar surface area (TPSA) is 132 Å². The van der Waals surface area contributed by atoms with Crippen molar-refractivity contribution in [3.63, 3.8) is 0 Å². The summed E-state index contributed by atoms with van der Waals surface area (Å²) in [5, 5.41) is 14.2. The molecule has 4 fully saturated rings. The Morgan fingerprint density at radius 3 is 1.16 bits per heavy atom. The van der Waals surface area contributed by atoms with E-state index in [1.54, 1.807) is 6.92 Å².